The lowest BCUT2D eigenvalue weighted by Crippen LogP contribution is -2.25. The number of anilines is 1. The van der Waals surface area contributed by atoms with Gasteiger partial charge in [0.15, 0.2) is 0 Å². The van der Waals surface area contributed by atoms with Gasteiger partial charge in [0.05, 0.1) is 22.5 Å². The first kappa shape index (κ1) is 20.1. The van der Waals surface area contributed by atoms with Crippen molar-refractivity contribution in [2.24, 2.45) is 0 Å². The van der Waals surface area contributed by atoms with Gasteiger partial charge in [-0.05, 0) is 54.1 Å². The van der Waals surface area contributed by atoms with Crippen molar-refractivity contribution in [3.63, 3.8) is 0 Å². The van der Waals surface area contributed by atoms with Gasteiger partial charge in [-0.2, -0.15) is 0 Å². The fraction of sp³-hybridized carbons (Fsp3) is 0. The summed E-state index contributed by atoms with van der Waals surface area (Å²) in [7, 11) is 0. The highest BCUT2D eigenvalue weighted by molar-refractivity contribution is 6.22. The zero-order chi connectivity index (χ0) is 22.8. The highest BCUT2D eigenvalue weighted by Crippen LogP contribution is 2.35. The van der Waals surface area contributed by atoms with Gasteiger partial charge in [0.2, 0.25) is 0 Å². The second-order valence-electron chi connectivity index (χ2n) is 7.35. The van der Waals surface area contributed by atoms with Crippen LogP contribution in [0.2, 0.25) is 0 Å². The number of nitro groups is 1. The van der Waals surface area contributed by atoms with E-state index in [1.54, 1.807) is 53.7 Å². The molecule has 0 saturated carbocycles. The number of rotatable bonds is 5. The van der Waals surface area contributed by atoms with Gasteiger partial charge in [0.25, 0.3) is 11.6 Å². The van der Waals surface area contributed by atoms with Crippen molar-refractivity contribution in [3.8, 4) is 11.3 Å². The van der Waals surface area contributed by atoms with Crippen molar-refractivity contribution in [1.29, 1.82) is 0 Å². The van der Waals surface area contributed by atoms with Gasteiger partial charge in [0, 0.05) is 29.5 Å². The molecule has 0 unspecified atom stereocenters. The number of nitro benzene ring substituents is 1. The molecule has 0 bridgehead atoms. The SMILES string of the molecule is O=C1/C(=C/c2ccc(-c3ccc([N+](=O)[O-])cc3)o2)C=C(c2ccccc2)N1c1cccnc1. The normalized spacial score (nSPS) is 14.5. The first-order valence-electron chi connectivity index (χ1n) is 10.2. The molecule has 5 rings (SSSR count). The van der Waals surface area contributed by atoms with E-state index >= 15 is 0 Å². The minimum Gasteiger partial charge on any atom is -0.457 e. The summed E-state index contributed by atoms with van der Waals surface area (Å²) in [5.74, 6) is 0.872. The number of carbonyl (C=O) groups excluding carboxylic acids is 1. The summed E-state index contributed by atoms with van der Waals surface area (Å²) < 4.78 is 5.90. The molecule has 2 aromatic heterocycles. The molecule has 3 heterocycles. The fourth-order valence-corrected chi connectivity index (χ4v) is 3.67. The van der Waals surface area contributed by atoms with E-state index in [1.165, 1.54) is 12.1 Å². The molecule has 1 amide bonds. The lowest BCUT2D eigenvalue weighted by atomic mass is 10.1. The zero-order valence-electron chi connectivity index (χ0n) is 17.3. The monoisotopic (exact) mass is 435 g/mol. The van der Waals surface area contributed by atoms with Crippen molar-refractivity contribution in [2.75, 3.05) is 4.90 Å². The predicted octanol–water partition coefficient (Wildman–Crippen LogP) is 5.72. The average molecular weight is 435 g/mol. The molecule has 0 fully saturated rings. The number of non-ortho nitro benzene ring substituents is 1. The fourth-order valence-electron chi connectivity index (χ4n) is 3.67. The number of pyridine rings is 1. The van der Waals surface area contributed by atoms with Crippen LogP contribution in [-0.2, 0) is 4.79 Å². The molecule has 0 N–H and O–H groups in total. The Balaban J connectivity index is 1.50. The quantitative estimate of drug-likeness (QED) is 0.227. The summed E-state index contributed by atoms with van der Waals surface area (Å²) in [4.78, 5) is 29.5. The Morgan fingerprint density at radius 1 is 0.909 bits per heavy atom. The van der Waals surface area contributed by atoms with Crippen LogP contribution in [0.15, 0.2) is 107 Å². The van der Waals surface area contributed by atoms with E-state index < -0.39 is 4.92 Å². The third-order valence-corrected chi connectivity index (χ3v) is 5.24. The maximum Gasteiger partial charge on any atom is 0.269 e. The molecule has 33 heavy (non-hydrogen) atoms. The van der Waals surface area contributed by atoms with Crippen LogP contribution >= 0.6 is 0 Å². The van der Waals surface area contributed by atoms with Gasteiger partial charge < -0.3 is 4.42 Å². The molecule has 0 spiro atoms. The highest BCUT2D eigenvalue weighted by atomic mass is 16.6. The predicted molar refractivity (Wildman–Crippen MR) is 125 cm³/mol. The maximum atomic E-state index is 13.3. The van der Waals surface area contributed by atoms with Crippen LogP contribution in [0.3, 0.4) is 0 Å². The van der Waals surface area contributed by atoms with Crippen molar-refractivity contribution < 1.29 is 14.1 Å². The smallest absolute Gasteiger partial charge is 0.269 e. The Hall–Kier alpha value is -4.78. The summed E-state index contributed by atoms with van der Waals surface area (Å²) in [6, 6.07) is 22.9. The molecular formula is C26H17N3O4. The number of aromatic nitrogens is 1. The molecule has 4 aromatic rings. The van der Waals surface area contributed by atoms with Gasteiger partial charge in [-0.1, -0.05) is 30.3 Å². The summed E-state index contributed by atoms with van der Waals surface area (Å²) in [5.41, 5.74) is 3.53. The van der Waals surface area contributed by atoms with Gasteiger partial charge in [-0.15, -0.1) is 0 Å². The standard InChI is InChI=1S/C26H17N3O4/c30-26-20(15-23-12-13-25(33-23)19-8-10-21(11-9-19)29(31)32)16-24(18-5-2-1-3-6-18)28(26)22-7-4-14-27-17-22/h1-17H/b20-15+. The summed E-state index contributed by atoms with van der Waals surface area (Å²) >= 11 is 0. The molecule has 7 heteroatoms. The van der Waals surface area contributed by atoms with Crippen LogP contribution in [0.25, 0.3) is 23.1 Å². The van der Waals surface area contributed by atoms with Gasteiger partial charge in [-0.3, -0.25) is 24.8 Å². The van der Waals surface area contributed by atoms with E-state index in [0.717, 1.165) is 11.3 Å². The number of amides is 1. The molecule has 1 aliphatic heterocycles. The lowest BCUT2D eigenvalue weighted by Gasteiger charge is -2.20. The third-order valence-electron chi connectivity index (χ3n) is 5.24. The molecule has 1 aliphatic rings. The van der Waals surface area contributed by atoms with E-state index in [0.29, 0.717) is 28.3 Å². The number of hydrogen-bond donors (Lipinski definition) is 0. The topological polar surface area (TPSA) is 89.5 Å². The second kappa shape index (κ2) is 8.39. The highest BCUT2D eigenvalue weighted by Gasteiger charge is 2.30. The number of hydrogen-bond acceptors (Lipinski definition) is 5. The Kier molecular flexibility index (Phi) is 5.12. The van der Waals surface area contributed by atoms with Crippen molar-refractivity contribution in [3.05, 3.63) is 124 Å². The first-order chi connectivity index (χ1) is 16.1. The maximum absolute atomic E-state index is 13.3. The Morgan fingerprint density at radius 3 is 2.39 bits per heavy atom. The lowest BCUT2D eigenvalue weighted by molar-refractivity contribution is -0.384. The molecular weight excluding hydrogens is 418 g/mol. The summed E-state index contributed by atoms with van der Waals surface area (Å²) in [6.07, 6.45) is 6.84. The van der Waals surface area contributed by atoms with E-state index in [4.69, 9.17) is 4.42 Å². The molecule has 7 nitrogen and oxygen atoms in total. The van der Waals surface area contributed by atoms with Crippen LogP contribution in [-0.4, -0.2) is 15.8 Å². The Labute approximate surface area is 189 Å². The van der Waals surface area contributed by atoms with Crippen molar-refractivity contribution in [2.45, 2.75) is 0 Å². The van der Waals surface area contributed by atoms with Crippen LogP contribution in [0.5, 0.6) is 0 Å². The molecule has 0 aliphatic carbocycles. The number of furan rings is 1. The summed E-state index contributed by atoms with van der Waals surface area (Å²) in [6.45, 7) is 0. The first-order valence-corrected chi connectivity index (χ1v) is 10.2. The van der Waals surface area contributed by atoms with E-state index in [9.17, 15) is 14.9 Å². The van der Waals surface area contributed by atoms with Gasteiger partial charge >= 0.3 is 0 Å². The van der Waals surface area contributed by atoms with E-state index in [1.807, 2.05) is 42.5 Å². The van der Waals surface area contributed by atoms with E-state index in [-0.39, 0.29) is 11.6 Å². The Bertz CT molecular complexity index is 1390. The van der Waals surface area contributed by atoms with E-state index in [2.05, 4.69) is 4.98 Å². The number of nitrogens with zero attached hydrogens (tertiary/aromatic N) is 3. The molecule has 160 valence electrons. The largest absolute Gasteiger partial charge is 0.457 e. The van der Waals surface area contributed by atoms with Crippen molar-refractivity contribution >= 4 is 29.1 Å². The third kappa shape index (κ3) is 3.95. The molecule has 2 aromatic carbocycles. The molecule has 0 radical (unpaired) electrons. The van der Waals surface area contributed by atoms with Crippen LogP contribution < -0.4 is 4.90 Å². The minimum atomic E-state index is -0.446. The van der Waals surface area contributed by atoms with Gasteiger partial charge in [-0.25, -0.2) is 0 Å². The number of benzene rings is 2. The average Bonchev–Trinajstić information content (AvgIpc) is 3.45. The summed E-state index contributed by atoms with van der Waals surface area (Å²) in [5, 5.41) is 10.9. The Morgan fingerprint density at radius 2 is 1.70 bits per heavy atom. The minimum absolute atomic E-state index is 0.0123. The number of carbonyl (C=O) groups is 1. The van der Waals surface area contributed by atoms with Crippen LogP contribution in [0, 0.1) is 10.1 Å². The molecule has 0 atom stereocenters. The molecule has 0 saturated heterocycles. The van der Waals surface area contributed by atoms with Gasteiger partial charge in [0.1, 0.15) is 11.5 Å². The second-order valence-corrected chi connectivity index (χ2v) is 7.35. The van der Waals surface area contributed by atoms with Crippen LogP contribution in [0.4, 0.5) is 11.4 Å². The zero-order valence-corrected chi connectivity index (χ0v) is 17.3. The van der Waals surface area contributed by atoms with Crippen molar-refractivity contribution in [1.82, 2.24) is 4.98 Å². The van der Waals surface area contributed by atoms with Crippen LogP contribution in [0.1, 0.15) is 11.3 Å².